The zero-order valence-corrected chi connectivity index (χ0v) is 52.5. The highest BCUT2D eigenvalue weighted by atomic mass is 16.7. The van der Waals surface area contributed by atoms with Crippen LogP contribution in [-0.4, -0.2) is 82.3 Å². The molecule has 0 saturated carbocycles. The van der Waals surface area contributed by atoms with Crippen molar-refractivity contribution in [2.45, 2.75) is 322 Å². The summed E-state index contributed by atoms with van der Waals surface area (Å²) < 4.78 is 22.8. The van der Waals surface area contributed by atoms with Crippen molar-refractivity contribution in [2.75, 3.05) is 47.5 Å². The molecular weight excluding hydrogens is 983 g/mol. The van der Waals surface area contributed by atoms with Crippen LogP contribution >= 0.6 is 0 Å². The van der Waals surface area contributed by atoms with E-state index in [1.165, 1.54) is 212 Å². The zero-order chi connectivity index (χ0) is 57.6. The summed E-state index contributed by atoms with van der Waals surface area (Å²) in [6.07, 6.45) is 75.8. The molecular formula is C70H127NO8. The van der Waals surface area contributed by atoms with Gasteiger partial charge in [-0.05, 0) is 83.5 Å². The molecule has 0 aliphatic rings. The van der Waals surface area contributed by atoms with Crippen LogP contribution in [0.1, 0.15) is 309 Å². The monoisotopic (exact) mass is 1110 g/mol. The molecule has 0 heterocycles. The second-order valence-corrected chi connectivity index (χ2v) is 23.8. The number of ether oxygens (including phenoxy) is 4. The van der Waals surface area contributed by atoms with E-state index in [9.17, 15) is 19.5 Å². The summed E-state index contributed by atoms with van der Waals surface area (Å²) in [5.74, 6) is -2.28. The summed E-state index contributed by atoms with van der Waals surface area (Å²) >= 11 is 0. The van der Waals surface area contributed by atoms with Gasteiger partial charge in [0, 0.05) is 12.8 Å². The zero-order valence-electron chi connectivity index (χ0n) is 52.5. The number of likely N-dealkylation sites (N-methyl/N-ethyl adjacent to an activating group) is 1. The van der Waals surface area contributed by atoms with Crippen LogP contribution in [0.15, 0.2) is 60.8 Å². The Kier molecular flexibility index (Phi) is 58.7. The lowest BCUT2D eigenvalue weighted by Crippen LogP contribution is -2.44. The van der Waals surface area contributed by atoms with E-state index in [2.05, 4.69) is 74.6 Å². The molecule has 460 valence electrons. The van der Waals surface area contributed by atoms with Crippen LogP contribution in [0.2, 0.25) is 0 Å². The van der Waals surface area contributed by atoms with Crippen molar-refractivity contribution in [3.8, 4) is 0 Å². The van der Waals surface area contributed by atoms with Gasteiger partial charge in [0.2, 0.25) is 0 Å². The predicted octanol–water partition coefficient (Wildman–Crippen LogP) is 19.0. The van der Waals surface area contributed by atoms with Gasteiger partial charge in [0.25, 0.3) is 0 Å². The van der Waals surface area contributed by atoms with Gasteiger partial charge in [0.15, 0.2) is 12.4 Å². The molecule has 0 rings (SSSR count). The number of carbonyl (C=O) groups is 3. The van der Waals surface area contributed by atoms with Crippen LogP contribution in [0.4, 0.5) is 0 Å². The van der Waals surface area contributed by atoms with E-state index in [4.69, 9.17) is 18.9 Å². The second-order valence-electron chi connectivity index (χ2n) is 23.8. The highest BCUT2D eigenvalue weighted by molar-refractivity contribution is 5.70. The quantitative estimate of drug-likeness (QED) is 0.0195. The van der Waals surface area contributed by atoms with Crippen molar-refractivity contribution in [2.24, 2.45) is 0 Å². The molecule has 2 unspecified atom stereocenters. The van der Waals surface area contributed by atoms with Crippen molar-refractivity contribution < 1.29 is 42.9 Å². The third-order valence-corrected chi connectivity index (χ3v) is 14.7. The van der Waals surface area contributed by atoms with E-state index in [1.54, 1.807) is 0 Å². The Labute approximate surface area is 488 Å². The Morgan fingerprint density at radius 3 is 1.01 bits per heavy atom. The molecule has 0 saturated heterocycles. The maximum Gasteiger partial charge on any atom is 0.306 e. The highest BCUT2D eigenvalue weighted by Gasteiger charge is 2.22. The van der Waals surface area contributed by atoms with Gasteiger partial charge in [-0.25, -0.2) is 0 Å². The molecule has 0 aliphatic carbocycles. The summed E-state index contributed by atoms with van der Waals surface area (Å²) in [6.45, 7) is 4.75. The molecule has 0 spiro atoms. The maximum atomic E-state index is 12.9. The van der Waals surface area contributed by atoms with E-state index in [0.29, 0.717) is 23.9 Å². The third-order valence-electron chi connectivity index (χ3n) is 14.7. The van der Waals surface area contributed by atoms with Gasteiger partial charge in [0.1, 0.15) is 13.2 Å². The first-order valence-electron chi connectivity index (χ1n) is 33.4. The van der Waals surface area contributed by atoms with Crippen LogP contribution in [-0.2, 0) is 33.3 Å². The van der Waals surface area contributed by atoms with Crippen LogP contribution in [0.3, 0.4) is 0 Å². The minimum atomic E-state index is -1.62. The van der Waals surface area contributed by atoms with Crippen LogP contribution in [0.25, 0.3) is 0 Å². The summed E-state index contributed by atoms with van der Waals surface area (Å²) in [6, 6.07) is 0. The Morgan fingerprint density at radius 1 is 0.380 bits per heavy atom. The van der Waals surface area contributed by atoms with Crippen LogP contribution in [0.5, 0.6) is 0 Å². The molecule has 0 aliphatic heterocycles. The number of hydrogen-bond donors (Lipinski definition) is 0. The standard InChI is InChI=1S/C70H127NO8/c1-6-8-10-12-14-16-18-20-22-24-26-28-30-31-32-33-34-35-36-37-39-40-42-44-46-48-50-52-54-56-58-60-67(72)77-64-66(65-78-70(69(74)75)76-63-62-71(3,4)5)79-68(73)61-59-57-55-53-51-49-47-45-43-41-38-29-27-25-23-21-19-17-15-13-11-9-7-2/h18-21,24-27,38,41,66,70H,6-17,22-23,28-37,39-40,42-65H2,1-5H3/b20-18-,21-19-,26-24-,27-25-,41-38-. The fraction of sp³-hybridized carbons (Fsp3) is 0.814. The van der Waals surface area contributed by atoms with E-state index in [0.717, 1.165) is 64.2 Å². The number of aliphatic carboxylic acids is 1. The lowest BCUT2D eigenvalue weighted by atomic mass is 10.0. The summed E-state index contributed by atoms with van der Waals surface area (Å²) in [7, 11) is 5.93. The average molecular weight is 1110 g/mol. The minimum absolute atomic E-state index is 0.146. The smallest absolute Gasteiger partial charge is 0.306 e. The largest absolute Gasteiger partial charge is 0.545 e. The van der Waals surface area contributed by atoms with E-state index in [1.807, 2.05) is 21.1 Å². The van der Waals surface area contributed by atoms with Crippen LogP contribution < -0.4 is 5.11 Å². The van der Waals surface area contributed by atoms with Gasteiger partial charge in [-0.15, -0.1) is 0 Å². The Bertz CT molecular complexity index is 1480. The number of unbranched alkanes of at least 4 members (excludes halogenated alkanes) is 37. The van der Waals surface area contributed by atoms with Gasteiger partial charge in [0.05, 0.1) is 40.3 Å². The topological polar surface area (TPSA) is 111 Å². The molecule has 0 aromatic carbocycles. The molecule has 0 radical (unpaired) electrons. The summed E-state index contributed by atoms with van der Waals surface area (Å²) in [4.78, 5) is 37.4. The number of allylic oxidation sites excluding steroid dienone is 10. The number of esters is 2. The second kappa shape index (κ2) is 61.1. The molecule has 79 heavy (non-hydrogen) atoms. The van der Waals surface area contributed by atoms with Crippen molar-refractivity contribution in [1.29, 1.82) is 0 Å². The van der Waals surface area contributed by atoms with Gasteiger partial charge in [-0.2, -0.15) is 0 Å². The maximum absolute atomic E-state index is 12.9. The SMILES string of the molecule is CCCCCCC/C=C\C/C=C\C/C=C\CCCCCCCCCCC(=O)OC(COC(=O)CCCCCCCCCCCCCCCCCCCCC/C=C\C/C=C\CCCCCCC)COC(OCC[N+](C)(C)C)C(=O)[O-]. The first-order valence-corrected chi connectivity index (χ1v) is 33.4. The van der Waals surface area contributed by atoms with E-state index >= 15 is 0 Å². The Balaban J connectivity index is 4.12. The molecule has 0 fully saturated rings. The lowest BCUT2D eigenvalue weighted by molar-refractivity contribution is -0.870. The lowest BCUT2D eigenvalue weighted by Gasteiger charge is -2.26. The Morgan fingerprint density at radius 2 is 0.684 bits per heavy atom. The molecule has 9 nitrogen and oxygen atoms in total. The number of carboxylic acids is 1. The fourth-order valence-electron chi connectivity index (χ4n) is 9.58. The van der Waals surface area contributed by atoms with Crippen LogP contribution in [0, 0.1) is 0 Å². The summed E-state index contributed by atoms with van der Waals surface area (Å²) in [5, 5.41) is 11.8. The number of carbonyl (C=O) groups excluding carboxylic acids is 3. The van der Waals surface area contributed by atoms with E-state index in [-0.39, 0.29) is 32.2 Å². The summed E-state index contributed by atoms with van der Waals surface area (Å²) in [5.41, 5.74) is 0. The predicted molar refractivity (Wildman–Crippen MR) is 334 cm³/mol. The normalized spacial score (nSPS) is 13.1. The molecule has 0 amide bonds. The molecule has 0 aromatic rings. The third kappa shape index (κ3) is 62.4. The highest BCUT2D eigenvalue weighted by Crippen LogP contribution is 2.17. The van der Waals surface area contributed by atoms with E-state index < -0.39 is 24.3 Å². The molecule has 2 atom stereocenters. The molecule has 0 N–H and O–H groups in total. The number of rotatable bonds is 62. The molecule has 0 aromatic heterocycles. The molecule has 0 bridgehead atoms. The van der Waals surface area contributed by atoms with Crippen molar-refractivity contribution >= 4 is 17.9 Å². The number of hydrogen-bond acceptors (Lipinski definition) is 8. The average Bonchev–Trinajstić information content (AvgIpc) is 3.42. The number of carboxylic acid groups (broad SMARTS) is 1. The number of nitrogens with zero attached hydrogens (tertiary/aromatic N) is 1. The van der Waals surface area contributed by atoms with Gasteiger partial charge >= 0.3 is 11.9 Å². The number of quaternary nitrogens is 1. The van der Waals surface area contributed by atoms with Crippen molar-refractivity contribution in [3.05, 3.63) is 60.8 Å². The van der Waals surface area contributed by atoms with Crippen molar-refractivity contribution in [3.63, 3.8) is 0 Å². The Hall–Kier alpha value is -3.01. The molecule has 9 heteroatoms. The fourth-order valence-corrected chi connectivity index (χ4v) is 9.58. The van der Waals surface area contributed by atoms with Gasteiger partial charge in [-0.1, -0.05) is 274 Å². The van der Waals surface area contributed by atoms with Gasteiger partial charge in [-0.3, -0.25) is 9.59 Å². The van der Waals surface area contributed by atoms with Crippen molar-refractivity contribution in [1.82, 2.24) is 0 Å². The minimum Gasteiger partial charge on any atom is -0.545 e. The first kappa shape index (κ1) is 76.0. The first-order chi connectivity index (χ1) is 38.6. The van der Waals surface area contributed by atoms with Gasteiger partial charge < -0.3 is 33.3 Å².